The normalized spacial score (nSPS) is 26.3. The minimum absolute atomic E-state index is 0.0765. The third-order valence-corrected chi connectivity index (χ3v) is 7.32. The molecule has 8 heteroatoms. The van der Waals surface area contributed by atoms with Gasteiger partial charge >= 0.3 is 6.03 Å². The second-order valence-electron chi connectivity index (χ2n) is 9.96. The maximum atomic E-state index is 14.9. The molecule has 194 valence electrons. The fourth-order valence-electron chi connectivity index (χ4n) is 5.29. The van der Waals surface area contributed by atoms with Crippen molar-refractivity contribution in [1.29, 1.82) is 0 Å². The molecule has 0 aromatic heterocycles. The van der Waals surface area contributed by atoms with Crippen molar-refractivity contribution in [2.75, 3.05) is 5.32 Å². The van der Waals surface area contributed by atoms with Crippen molar-refractivity contribution in [2.24, 2.45) is 5.73 Å². The first-order valence-electron chi connectivity index (χ1n) is 13.1. The zero-order valence-electron chi connectivity index (χ0n) is 21.0. The lowest BCUT2D eigenvalue weighted by Gasteiger charge is -2.49. The van der Waals surface area contributed by atoms with Crippen LogP contribution in [0.25, 0.3) is 0 Å². The molecular weight excluding hydrogens is 457 g/mol. The summed E-state index contributed by atoms with van der Waals surface area (Å²) in [6, 6.07) is 15.1. The van der Waals surface area contributed by atoms with E-state index in [1.54, 1.807) is 43.3 Å². The van der Waals surface area contributed by atoms with Gasteiger partial charge < -0.3 is 16.4 Å². The number of anilines is 1. The Morgan fingerprint density at radius 1 is 0.917 bits per heavy atom. The number of amides is 2. The third-order valence-electron chi connectivity index (χ3n) is 7.32. The number of nitrogens with one attached hydrogen (secondary N) is 3. The fraction of sp³-hybridized carbons (Fsp3) is 0.500. The molecule has 2 fully saturated rings. The maximum absolute atomic E-state index is 14.9. The number of nitrogens with two attached hydrogens (primary N) is 1. The predicted octanol–water partition coefficient (Wildman–Crippen LogP) is 4.74. The van der Waals surface area contributed by atoms with Gasteiger partial charge in [-0.2, -0.15) is 0 Å². The largest absolute Gasteiger partial charge is 0.321 e. The summed E-state index contributed by atoms with van der Waals surface area (Å²) in [6.07, 6.45) is 6.24. The molecule has 4 rings (SSSR count). The number of urea groups is 1. The first-order chi connectivity index (χ1) is 17.4. The molecular formula is C28H38FN5O2. The molecule has 4 unspecified atom stereocenters. The Kier molecular flexibility index (Phi) is 9.07. The lowest BCUT2D eigenvalue weighted by atomic mass is 9.98. The van der Waals surface area contributed by atoms with Gasteiger partial charge in [-0.05, 0) is 44.0 Å². The van der Waals surface area contributed by atoms with Crippen molar-refractivity contribution >= 4 is 17.5 Å². The van der Waals surface area contributed by atoms with E-state index in [-0.39, 0.29) is 11.8 Å². The van der Waals surface area contributed by atoms with Crippen LogP contribution in [0, 0.1) is 0 Å². The number of hydrogen-bond donors (Lipinski definition) is 4. The SMILES string of the molecule is CC1NC(NC(=O)Nc2ccc(C(=O)c3ccccc3)cc2)N(C2CCCCCCCC2)C(N)C1F. The molecule has 7 nitrogen and oxygen atoms in total. The molecule has 1 aliphatic carbocycles. The predicted molar refractivity (Wildman–Crippen MR) is 140 cm³/mol. The number of nitrogens with zero attached hydrogens (tertiary/aromatic N) is 1. The average Bonchev–Trinajstić information content (AvgIpc) is 3.02. The van der Waals surface area contributed by atoms with E-state index in [2.05, 4.69) is 16.0 Å². The van der Waals surface area contributed by atoms with Crippen LogP contribution >= 0.6 is 0 Å². The number of rotatable bonds is 5. The molecule has 5 N–H and O–H groups in total. The molecule has 2 aromatic rings. The van der Waals surface area contributed by atoms with Gasteiger partial charge in [-0.3, -0.25) is 10.1 Å². The Balaban J connectivity index is 1.42. The van der Waals surface area contributed by atoms with E-state index >= 15 is 0 Å². The molecule has 1 heterocycles. The Morgan fingerprint density at radius 2 is 1.50 bits per heavy atom. The van der Waals surface area contributed by atoms with Crippen LogP contribution in [0.5, 0.6) is 0 Å². The van der Waals surface area contributed by atoms with Gasteiger partial charge in [-0.25, -0.2) is 14.1 Å². The van der Waals surface area contributed by atoms with E-state index in [1.165, 1.54) is 25.7 Å². The summed E-state index contributed by atoms with van der Waals surface area (Å²) >= 11 is 0. The minimum Gasteiger partial charge on any atom is -0.313 e. The van der Waals surface area contributed by atoms with E-state index < -0.39 is 30.7 Å². The molecule has 1 saturated heterocycles. The summed E-state index contributed by atoms with van der Waals surface area (Å²) in [6.45, 7) is 1.75. The van der Waals surface area contributed by atoms with Crippen molar-refractivity contribution in [3.05, 3.63) is 65.7 Å². The third kappa shape index (κ3) is 6.49. The number of carbonyl (C=O) groups excluding carboxylic acids is 2. The van der Waals surface area contributed by atoms with Crippen LogP contribution in [0.15, 0.2) is 54.6 Å². The lowest BCUT2D eigenvalue weighted by Crippen LogP contribution is -2.74. The Hall–Kier alpha value is -2.81. The fourth-order valence-corrected chi connectivity index (χ4v) is 5.29. The number of carbonyl (C=O) groups is 2. The summed E-state index contributed by atoms with van der Waals surface area (Å²) in [5, 5.41) is 9.00. The first kappa shape index (κ1) is 26.3. The van der Waals surface area contributed by atoms with Crippen molar-refractivity contribution in [2.45, 2.75) is 89.0 Å². The maximum Gasteiger partial charge on any atom is 0.321 e. The summed E-state index contributed by atoms with van der Waals surface area (Å²) < 4.78 is 14.9. The average molecular weight is 496 g/mol. The lowest BCUT2D eigenvalue weighted by molar-refractivity contribution is -0.0497. The highest BCUT2D eigenvalue weighted by Crippen LogP contribution is 2.27. The molecule has 2 amide bonds. The number of alkyl halides is 1. The highest BCUT2D eigenvalue weighted by atomic mass is 19.1. The highest BCUT2D eigenvalue weighted by molar-refractivity contribution is 6.09. The molecule has 1 saturated carbocycles. The quantitative estimate of drug-likeness (QED) is 0.449. The summed E-state index contributed by atoms with van der Waals surface area (Å²) in [5.74, 6) is -0.0765. The Labute approximate surface area is 213 Å². The van der Waals surface area contributed by atoms with E-state index in [9.17, 15) is 14.0 Å². The molecule has 0 bridgehead atoms. The Bertz CT molecular complexity index is 993. The molecule has 0 radical (unpaired) electrons. The van der Waals surface area contributed by atoms with Gasteiger partial charge in [-0.15, -0.1) is 0 Å². The van der Waals surface area contributed by atoms with Crippen LogP contribution in [0.4, 0.5) is 14.9 Å². The summed E-state index contributed by atoms with van der Waals surface area (Å²) in [7, 11) is 0. The molecule has 0 spiro atoms. The van der Waals surface area contributed by atoms with Gasteiger partial charge in [0.25, 0.3) is 0 Å². The standard InChI is InChI=1S/C28H38FN5O2/c1-19-24(29)26(30)34(23-13-9-4-2-3-5-10-14-23)27(31-19)33-28(36)32-22-17-15-21(16-18-22)25(35)20-11-7-6-8-12-20/h6-8,11-12,15-19,23-24,26-27,31H,2-5,9-10,13-14,30H2,1H3,(H2,32,33,36). The first-order valence-corrected chi connectivity index (χ1v) is 13.1. The van der Waals surface area contributed by atoms with Gasteiger partial charge in [0.1, 0.15) is 12.5 Å². The molecule has 36 heavy (non-hydrogen) atoms. The zero-order chi connectivity index (χ0) is 25.5. The molecule has 2 aliphatic rings. The summed E-state index contributed by atoms with van der Waals surface area (Å²) in [4.78, 5) is 27.5. The number of benzene rings is 2. The smallest absolute Gasteiger partial charge is 0.313 e. The second-order valence-corrected chi connectivity index (χ2v) is 9.96. The number of halogens is 1. The van der Waals surface area contributed by atoms with Crippen molar-refractivity contribution in [1.82, 2.24) is 15.5 Å². The van der Waals surface area contributed by atoms with E-state index in [0.29, 0.717) is 16.8 Å². The van der Waals surface area contributed by atoms with E-state index in [0.717, 1.165) is 25.7 Å². The second kappa shape index (κ2) is 12.4. The van der Waals surface area contributed by atoms with Crippen LogP contribution in [0.1, 0.15) is 74.2 Å². The van der Waals surface area contributed by atoms with E-state index in [1.807, 2.05) is 23.1 Å². The highest BCUT2D eigenvalue weighted by Gasteiger charge is 2.43. The molecule has 2 aromatic carbocycles. The van der Waals surface area contributed by atoms with Crippen LogP contribution in [-0.4, -0.2) is 47.4 Å². The van der Waals surface area contributed by atoms with Gasteiger partial charge in [0.05, 0.1) is 6.17 Å². The zero-order valence-corrected chi connectivity index (χ0v) is 21.0. The minimum atomic E-state index is -1.23. The van der Waals surface area contributed by atoms with Gasteiger partial charge in [0, 0.05) is 28.9 Å². The number of ketones is 1. The van der Waals surface area contributed by atoms with Crippen LogP contribution < -0.4 is 21.7 Å². The summed E-state index contributed by atoms with van der Waals surface area (Å²) in [5.41, 5.74) is 8.10. The molecule has 1 aliphatic heterocycles. The van der Waals surface area contributed by atoms with Crippen LogP contribution in [-0.2, 0) is 0 Å². The molecule has 4 atom stereocenters. The van der Waals surface area contributed by atoms with Gasteiger partial charge in [0.2, 0.25) is 0 Å². The van der Waals surface area contributed by atoms with E-state index in [4.69, 9.17) is 5.73 Å². The van der Waals surface area contributed by atoms with Gasteiger partial charge in [-0.1, -0.05) is 68.9 Å². The topological polar surface area (TPSA) is 99.5 Å². The van der Waals surface area contributed by atoms with Crippen molar-refractivity contribution in [3.63, 3.8) is 0 Å². The van der Waals surface area contributed by atoms with Crippen LogP contribution in [0.3, 0.4) is 0 Å². The Morgan fingerprint density at radius 3 is 2.14 bits per heavy atom. The van der Waals surface area contributed by atoms with Gasteiger partial charge in [0.15, 0.2) is 5.78 Å². The number of hydrogen-bond acceptors (Lipinski definition) is 5. The van der Waals surface area contributed by atoms with Crippen LogP contribution in [0.2, 0.25) is 0 Å². The van der Waals surface area contributed by atoms with Crippen molar-refractivity contribution < 1.29 is 14.0 Å². The van der Waals surface area contributed by atoms with Crippen molar-refractivity contribution in [3.8, 4) is 0 Å². The monoisotopic (exact) mass is 495 g/mol.